The van der Waals surface area contributed by atoms with E-state index in [2.05, 4.69) is 35.0 Å². The zero-order valence-corrected chi connectivity index (χ0v) is 16.7. The van der Waals surface area contributed by atoms with Crippen LogP contribution in [-0.2, 0) is 20.7 Å². The van der Waals surface area contributed by atoms with Crippen molar-refractivity contribution in [1.29, 1.82) is 0 Å². The molecule has 0 aromatic heterocycles. The number of ether oxygens (including phenoxy) is 2. The molecule has 1 aromatic carbocycles. The Morgan fingerprint density at radius 2 is 2.25 bits per heavy atom. The van der Waals surface area contributed by atoms with Crippen LogP contribution in [-0.4, -0.2) is 80.4 Å². The first-order valence-electron chi connectivity index (χ1n) is 10.3. The van der Waals surface area contributed by atoms with Crippen molar-refractivity contribution in [1.82, 2.24) is 15.1 Å². The van der Waals surface area contributed by atoms with Gasteiger partial charge in [-0.2, -0.15) is 0 Å². The molecule has 0 radical (unpaired) electrons. The summed E-state index contributed by atoms with van der Waals surface area (Å²) in [7, 11) is 1.73. The van der Waals surface area contributed by atoms with Crippen LogP contribution in [0.3, 0.4) is 0 Å². The van der Waals surface area contributed by atoms with Gasteiger partial charge in [0.05, 0.1) is 19.3 Å². The highest BCUT2D eigenvalue weighted by molar-refractivity contribution is 5.82. The third-order valence-corrected chi connectivity index (χ3v) is 6.37. The molecule has 3 aliphatic heterocycles. The SMILES string of the molecule is C=C[C@H]1c2ccccc2CCN1C(=O)[C@H]1C[C@@H]2NCCN(CCOC)[C@@H]2CO1. The molecule has 0 unspecified atom stereocenters. The third-order valence-electron chi connectivity index (χ3n) is 6.37. The molecule has 1 aromatic rings. The van der Waals surface area contributed by atoms with Crippen molar-refractivity contribution < 1.29 is 14.3 Å². The molecular formula is C22H31N3O3. The summed E-state index contributed by atoms with van der Waals surface area (Å²) in [4.78, 5) is 17.7. The fourth-order valence-corrected chi connectivity index (χ4v) is 4.87. The summed E-state index contributed by atoms with van der Waals surface area (Å²) in [5.41, 5.74) is 2.50. The average Bonchev–Trinajstić information content (AvgIpc) is 2.75. The van der Waals surface area contributed by atoms with Gasteiger partial charge in [0.2, 0.25) is 0 Å². The fraction of sp³-hybridized carbons (Fsp3) is 0.591. The minimum atomic E-state index is -0.385. The summed E-state index contributed by atoms with van der Waals surface area (Å²) in [5.74, 6) is 0.0914. The largest absolute Gasteiger partial charge is 0.383 e. The van der Waals surface area contributed by atoms with Gasteiger partial charge in [-0.05, 0) is 24.0 Å². The Hall–Kier alpha value is -1.73. The zero-order valence-electron chi connectivity index (χ0n) is 16.7. The van der Waals surface area contributed by atoms with Crippen molar-refractivity contribution >= 4 is 5.91 Å². The van der Waals surface area contributed by atoms with E-state index in [0.29, 0.717) is 19.2 Å². The summed E-state index contributed by atoms with van der Waals surface area (Å²) in [6.07, 6.45) is 3.10. The van der Waals surface area contributed by atoms with Crippen molar-refractivity contribution in [2.45, 2.75) is 37.1 Å². The van der Waals surface area contributed by atoms with E-state index < -0.39 is 0 Å². The van der Waals surface area contributed by atoms with Gasteiger partial charge in [-0.25, -0.2) is 0 Å². The lowest BCUT2D eigenvalue weighted by molar-refractivity contribution is -0.154. The molecule has 0 bridgehead atoms. The van der Waals surface area contributed by atoms with Crippen LogP contribution in [0, 0.1) is 0 Å². The quantitative estimate of drug-likeness (QED) is 0.776. The standard InChI is InChI=1S/C22H31N3O3/c1-3-19-17-7-5-4-6-16(17)8-10-25(19)22(26)21-14-18-20(15-28-21)24(11-9-23-18)12-13-27-2/h3-7,18-21,23H,1,8-15H2,2H3/t18-,19-,20+,21+/m0/s1. The highest BCUT2D eigenvalue weighted by Gasteiger charge is 2.42. The van der Waals surface area contributed by atoms with Crippen LogP contribution in [0.25, 0.3) is 0 Å². The molecule has 1 amide bonds. The number of benzene rings is 1. The second kappa shape index (κ2) is 8.74. The van der Waals surface area contributed by atoms with Gasteiger partial charge in [0.15, 0.2) is 0 Å². The number of nitrogens with one attached hydrogen (secondary N) is 1. The van der Waals surface area contributed by atoms with Gasteiger partial charge in [0, 0.05) is 45.4 Å². The van der Waals surface area contributed by atoms with Gasteiger partial charge in [-0.1, -0.05) is 30.3 Å². The van der Waals surface area contributed by atoms with Gasteiger partial charge >= 0.3 is 0 Å². The first-order chi connectivity index (χ1) is 13.7. The summed E-state index contributed by atoms with van der Waals surface area (Å²) in [6, 6.07) is 8.87. The van der Waals surface area contributed by atoms with Gasteiger partial charge in [-0.3, -0.25) is 9.69 Å². The van der Waals surface area contributed by atoms with Crippen molar-refractivity contribution in [3.63, 3.8) is 0 Å². The molecule has 3 heterocycles. The number of fused-ring (bicyclic) bond motifs is 2. The molecule has 0 saturated carbocycles. The predicted octanol–water partition coefficient (Wildman–Crippen LogP) is 1.38. The molecule has 4 rings (SSSR count). The Morgan fingerprint density at radius 3 is 3.07 bits per heavy atom. The van der Waals surface area contributed by atoms with Gasteiger partial charge in [0.25, 0.3) is 5.91 Å². The Labute approximate surface area is 167 Å². The molecule has 2 fully saturated rings. The van der Waals surface area contributed by atoms with Gasteiger partial charge in [-0.15, -0.1) is 6.58 Å². The number of carbonyl (C=O) groups excluding carboxylic acids is 1. The lowest BCUT2D eigenvalue weighted by Crippen LogP contribution is -2.64. The number of rotatable bonds is 5. The number of hydrogen-bond acceptors (Lipinski definition) is 5. The molecule has 3 aliphatic rings. The van der Waals surface area contributed by atoms with E-state index in [1.165, 1.54) is 11.1 Å². The van der Waals surface area contributed by atoms with Gasteiger partial charge < -0.3 is 19.7 Å². The van der Waals surface area contributed by atoms with Crippen LogP contribution in [0.2, 0.25) is 0 Å². The number of amides is 1. The van der Waals surface area contributed by atoms with Gasteiger partial charge in [0.1, 0.15) is 6.10 Å². The summed E-state index contributed by atoms with van der Waals surface area (Å²) in [6.45, 7) is 8.86. The molecule has 0 aliphatic carbocycles. The molecule has 28 heavy (non-hydrogen) atoms. The van der Waals surface area contributed by atoms with Crippen LogP contribution in [0.15, 0.2) is 36.9 Å². The predicted molar refractivity (Wildman–Crippen MR) is 108 cm³/mol. The molecule has 152 valence electrons. The second-order valence-corrected chi connectivity index (χ2v) is 7.88. The normalized spacial score (nSPS) is 30.4. The lowest BCUT2D eigenvalue weighted by atomic mass is 9.90. The van der Waals surface area contributed by atoms with E-state index in [-0.39, 0.29) is 24.1 Å². The zero-order chi connectivity index (χ0) is 19.5. The van der Waals surface area contributed by atoms with Crippen LogP contribution in [0.4, 0.5) is 0 Å². The summed E-state index contributed by atoms with van der Waals surface area (Å²) >= 11 is 0. The van der Waals surface area contributed by atoms with Crippen molar-refractivity contribution in [2.75, 3.05) is 46.5 Å². The van der Waals surface area contributed by atoms with E-state index in [1.807, 2.05) is 17.0 Å². The average molecular weight is 386 g/mol. The first-order valence-corrected chi connectivity index (χ1v) is 10.3. The maximum Gasteiger partial charge on any atom is 0.252 e. The van der Waals surface area contributed by atoms with E-state index in [0.717, 1.165) is 39.1 Å². The monoisotopic (exact) mass is 385 g/mol. The van der Waals surface area contributed by atoms with E-state index in [4.69, 9.17) is 9.47 Å². The summed E-state index contributed by atoms with van der Waals surface area (Å²) in [5, 5.41) is 3.60. The molecule has 4 atom stereocenters. The number of methoxy groups -OCH3 is 1. The maximum absolute atomic E-state index is 13.4. The van der Waals surface area contributed by atoms with Crippen LogP contribution < -0.4 is 5.32 Å². The number of carbonyl (C=O) groups is 1. The minimum absolute atomic E-state index is 0.0729. The van der Waals surface area contributed by atoms with Crippen LogP contribution in [0.1, 0.15) is 23.6 Å². The lowest BCUT2D eigenvalue weighted by Gasteiger charge is -2.47. The number of nitrogens with zero attached hydrogens (tertiary/aromatic N) is 2. The van der Waals surface area contributed by atoms with Crippen molar-refractivity contribution in [3.05, 3.63) is 48.0 Å². The van der Waals surface area contributed by atoms with E-state index >= 15 is 0 Å². The molecule has 6 heteroatoms. The fourth-order valence-electron chi connectivity index (χ4n) is 4.87. The number of piperazine rings is 1. The number of hydrogen-bond donors (Lipinski definition) is 1. The van der Waals surface area contributed by atoms with E-state index in [1.54, 1.807) is 7.11 Å². The van der Waals surface area contributed by atoms with E-state index in [9.17, 15) is 4.79 Å². The van der Waals surface area contributed by atoms with Crippen molar-refractivity contribution in [3.8, 4) is 0 Å². The van der Waals surface area contributed by atoms with Crippen LogP contribution >= 0.6 is 0 Å². The third kappa shape index (κ3) is 3.74. The first kappa shape index (κ1) is 19.6. The maximum atomic E-state index is 13.4. The molecule has 2 saturated heterocycles. The minimum Gasteiger partial charge on any atom is -0.383 e. The van der Waals surface area contributed by atoms with Crippen molar-refractivity contribution in [2.24, 2.45) is 0 Å². The molecular weight excluding hydrogens is 354 g/mol. The Morgan fingerprint density at radius 1 is 1.39 bits per heavy atom. The Kier molecular flexibility index (Phi) is 6.11. The smallest absolute Gasteiger partial charge is 0.252 e. The topological polar surface area (TPSA) is 54.0 Å². The second-order valence-electron chi connectivity index (χ2n) is 7.88. The Balaban J connectivity index is 1.44. The Bertz CT molecular complexity index is 710. The molecule has 0 spiro atoms. The molecule has 1 N–H and O–H groups in total. The van der Waals surface area contributed by atoms with Crippen LogP contribution in [0.5, 0.6) is 0 Å². The highest BCUT2D eigenvalue weighted by atomic mass is 16.5. The summed E-state index contributed by atoms with van der Waals surface area (Å²) < 4.78 is 11.3. The molecule has 6 nitrogen and oxygen atoms in total. The highest BCUT2D eigenvalue weighted by Crippen LogP contribution is 2.32.